The predicted octanol–water partition coefficient (Wildman–Crippen LogP) is 1.81. The summed E-state index contributed by atoms with van der Waals surface area (Å²) < 4.78 is 6.60. The van der Waals surface area contributed by atoms with Gasteiger partial charge < -0.3 is 19.1 Å². The molecule has 1 aliphatic heterocycles. The zero-order valence-electron chi connectivity index (χ0n) is 17.0. The highest BCUT2D eigenvalue weighted by molar-refractivity contribution is 5.94. The zero-order valence-corrected chi connectivity index (χ0v) is 17.0. The zero-order chi connectivity index (χ0) is 21.1. The number of nitrogens with zero attached hydrogens (tertiary/aromatic N) is 5. The third-order valence-electron chi connectivity index (χ3n) is 5.28. The van der Waals surface area contributed by atoms with Crippen LogP contribution in [0, 0.1) is 0 Å². The maximum Gasteiger partial charge on any atom is 0.263 e. The number of aromatic nitrogens is 3. The van der Waals surface area contributed by atoms with Crippen LogP contribution in [-0.2, 0) is 7.05 Å². The van der Waals surface area contributed by atoms with E-state index in [1.54, 1.807) is 37.4 Å². The molecule has 8 heteroatoms. The second kappa shape index (κ2) is 8.36. The van der Waals surface area contributed by atoms with E-state index in [9.17, 15) is 9.59 Å². The Kier molecular flexibility index (Phi) is 5.47. The Hall–Kier alpha value is -3.68. The molecule has 1 saturated heterocycles. The smallest absolute Gasteiger partial charge is 0.263 e. The highest BCUT2D eigenvalue weighted by Crippen LogP contribution is 2.22. The molecule has 8 nitrogen and oxygen atoms in total. The number of hydrogen-bond donors (Lipinski definition) is 0. The molecule has 154 valence electrons. The summed E-state index contributed by atoms with van der Waals surface area (Å²) in [5.74, 6) is 1.34. The van der Waals surface area contributed by atoms with E-state index in [1.165, 1.54) is 4.57 Å². The van der Waals surface area contributed by atoms with Crippen molar-refractivity contribution in [2.45, 2.75) is 0 Å². The molecule has 1 fully saturated rings. The van der Waals surface area contributed by atoms with Crippen molar-refractivity contribution in [2.24, 2.45) is 7.05 Å². The molecule has 0 bridgehead atoms. The van der Waals surface area contributed by atoms with E-state index < -0.39 is 0 Å². The van der Waals surface area contributed by atoms with E-state index in [2.05, 4.69) is 15.1 Å². The summed E-state index contributed by atoms with van der Waals surface area (Å²) in [6.45, 7) is 2.32. The Bertz CT molecular complexity index is 1090. The molecule has 4 rings (SSSR count). The molecule has 0 saturated carbocycles. The van der Waals surface area contributed by atoms with E-state index in [1.807, 2.05) is 36.4 Å². The van der Waals surface area contributed by atoms with Crippen molar-refractivity contribution in [3.05, 3.63) is 70.6 Å². The van der Waals surface area contributed by atoms with Crippen LogP contribution in [0.2, 0.25) is 0 Å². The third-order valence-corrected chi connectivity index (χ3v) is 5.28. The first-order valence-electron chi connectivity index (χ1n) is 9.75. The van der Waals surface area contributed by atoms with Gasteiger partial charge in [-0.05, 0) is 48.5 Å². The average Bonchev–Trinajstić information content (AvgIpc) is 2.81. The second-order valence-corrected chi connectivity index (χ2v) is 7.12. The molecular weight excluding hydrogens is 382 g/mol. The van der Waals surface area contributed by atoms with Crippen LogP contribution >= 0.6 is 0 Å². The molecule has 1 aromatic carbocycles. The minimum Gasteiger partial charge on any atom is -0.497 e. The van der Waals surface area contributed by atoms with Crippen LogP contribution in [0.1, 0.15) is 10.4 Å². The predicted molar refractivity (Wildman–Crippen MR) is 114 cm³/mol. The van der Waals surface area contributed by atoms with Crippen molar-refractivity contribution in [3.63, 3.8) is 0 Å². The molecule has 3 aromatic rings. The van der Waals surface area contributed by atoms with Crippen molar-refractivity contribution >= 4 is 11.7 Å². The molecule has 3 heterocycles. The van der Waals surface area contributed by atoms with Gasteiger partial charge in [0.1, 0.15) is 11.3 Å². The normalized spacial score (nSPS) is 13.9. The molecule has 0 atom stereocenters. The van der Waals surface area contributed by atoms with Crippen molar-refractivity contribution < 1.29 is 9.53 Å². The number of piperazine rings is 1. The van der Waals surface area contributed by atoms with Crippen molar-refractivity contribution in [1.29, 1.82) is 0 Å². The molecule has 2 aromatic heterocycles. The molecule has 0 spiro atoms. The summed E-state index contributed by atoms with van der Waals surface area (Å²) in [5.41, 5.74) is 1.69. The monoisotopic (exact) mass is 405 g/mol. The number of methoxy groups -OCH3 is 1. The van der Waals surface area contributed by atoms with E-state index in [-0.39, 0.29) is 17.0 Å². The number of carbonyl (C=O) groups excluding carboxylic acids is 1. The summed E-state index contributed by atoms with van der Waals surface area (Å²) in [5, 5.41) is 8.71. The Morgan fingerprint density at radius 1 is 0.967 bits per heavy atom. The van der Waals surface area contributed by atoms with Gasteiger partial charge in [0, 0.05) is 45.0 Å². The number of rotatable bonds is 4. The van der Waals surface area contributed by atoms with Crippen molar-refractivity contribution in [1.82, 2.24) is 19.7 Å². The number of anilines is 1. The summed E-state index contributed by atoms with van der Waals surface area (Å²) >= 11 is 0. The summed E-state index contributed by atoms with van der Waals surface area (Å²) in [6.07, 6.45) is 1.64. The Morgan fingerprint density at radius 3 is 2.33 bits per heavy atom. The summed E-state index contributed by atoms with van der Waals surface area (Å²) in [7, 11) is 3.28. The topological polar surface area (TPSA) is 80.6 Å². The quantitative estimate of drug-likeness (QED) is 0.659. The molecule has 0 radical (unpaired) electrons. The van der Waals surface area contributed by atoms with Crippen LogP contribution in [0.4, 0.5) is 5.82 Å². The maximum absolute atomic E-state index is 12.7. The lowest BCUT2D eigenvalue weighted by molar-refractivity contribution is 0.0744. The van der Waals surface area contributed by atoms with E-state index in [0.29, 0.717) is 26.2 Å². The fourth-order valence-corrected chi connectivity index (χ4v) is 3.48. The first-order chi connectivity index (χ1) is 14.6. The van der Waals surface area contributed by atoms with Crippen molar-refractivity contribution in [3.8, 4) is 17.0 Å². The van der Waals surface area contributed by atoms with Gasteiger partial charge in [0.25, 0.3) is 11.5 Å². The summed E-state index contributed by atoms with van der Waals surface area (Å²) in [4.78, 5) is 28.7. The number of amides is 1. The molecule has 0 aliphatic carbocycles. The number of carbonyl (C=O) groups is 1. The lowest BCUT2D eigenvalue weighted by Crippen LogP contribution is -2.50. The van der Waals surface area contributed by atoms with E-state index in [4.69, 9.17) is 4.74 Å². The standard InChI is InChI=1S/C22H23N5O3/c1-25-11-3-4-18(21(25)28)22(29)27-14-12-26(13-15-27)20-10-9-19(23-24-20)16-5-7-17(30-2)8-6-16/h3-11H,12-15H2,1-2H3. The fourth-order valence-electron chi connectivity index (χ4n) is 3.48. The second-order valence-electron chi connectivity index (χ2n) is 7.12. The van der Waals surface area contributed by atoms with Crippen LogP contribution in [0.15, 0.2) is 59.5 Å². The minimum absolute atomic E-state index is 0.206. The largest absolute Gasteiger partial charge is 0.497 e. The van der Waals surface area contributed by atoms with Crippen LogP contribution in [0.3, 0.4) is 0 Å². The lowest BCUT2D eigenvalue weighted by atomic mass is 10.1. The molecule has 1 aliphatic rings. The molecule has 30 heavy (non-hydrogen) atoms. The van der Waals surface area contributed by atoms with Gasteiger partial charge in [-0.2, -0.15) is 0 Å². The molecular formula is C22H23N5O3. The summed E-state index contributed by atoms with van der Waals surface area (Å²) in [6, 6.07) is 14.8. The van der Waals surface area contributed by atoms with Gasteiger partial charge in [0.2, 0.25) is 0 Å². The number of pyridine rings is 1. The first-order valence-corrected chi connectivity index (χ1v) is 9.75. The average molecular weight is 405 g/mol. The number of ether oxygens (including phenoxy) is 1. The minimum atomic E-state index is -0.273. The Balaban J connectivity index is 1.40. The Labute approximate surface area is 174 Å². The van der Waals surface area contributed by atoms with E-state index in [0.717, 1.165) is 22.8 Å². The van der Waals surface area contributed by atoms with Gasteiger partial charge in [-0.25, -0.2) is 0 Å². The van der Waals surface area contributed by atoms with E-state index >= 15 is 0 Å². The van der Waals surface area contributed by atoms with Crippen LogP contribution < -0.4 is 15.2 Å². The van der Waals surface area contributed by atoms with Crippen LogP contribution in [-0.4, -0.2) is 58.9 Å². The van der Waals surface area contributed by atoms with Gasteiger partial charge >= 0.3 is 0 Å². The van der Waals surface area contributed by atoms with Gasteiger partial charge in [-0.3, -0.25) is 9.59 Å². The van der Waals surface area contributed by atoms with Gasteiger partial charge in [-0.1, -0.05) is 0 Å². The first kappa shape index (κ1) is 19.6. The molecule has 0 N–H and O–H groups in total. The third kappa shape index (κ3) is 3.89. The molecule has 0 unspecified atom stereocenters. The van der Waals surface area contributed by atoms with Crippen LogP contribution in [0.25, 0.3) is 11.3 Å². The number of benzene rings is 1. The van der Waals surface area contributed by atoms with Gasteiger partial charge in [-0.15, -0.1) is 10.2 Å². The van der Waals surface area contributed by atoms with Gasteiger partial charge in [0.15, 0.2) is 5.82 Å². The highest BCUT2D eigenvalue weighted by atomic mass is 16.5. The van der Waals surface area contributed by atoms with Crippen molar-refractivity contribution in [2.75, 3.05) is 38.2 Å². The van der Waals surface area contributed by atoms with Crippen LogP contribution in [0.5, 0.6) is 5.75 Å². The number of aryl methyl sites for hydroxylation is 1. The SMILES string of the molecule is COc1ccc(-c2ccc(N3CCN(C(=O)c4cccn(C)c4=O)CC3)nn2)cc1. The lowest BCUT2D eigenvalue weighted by Gasteiger charge is -2.35. The Morgan fingerprint density at radius 2 is 1.70 bits per heavy atom. The van der Waals surface area contributed by atoms with Gasteiger partial charge in [0.05, 0.1) is 12.8 Å². The fraction of sp³-hybridized carbons (Fsp3) is 0.273. The number of hydrogen-bond acceptors (Lipinski definition) is 6. The maximum atomic E-state index is 12.7. The highest BCUT2D eigenvalue weighted by Gasteiger charge is 2.24. The molecule has 1 amide bonds.